The van der Waals surface area contributed by atoms with Crippen molar-refractivity contribution in [3.05, 3.63) is 144 Å². The van der Waals surface area contributed by atoms with Crippen molar-refractivity contribution in [2.24, 2.45) is 5.16 Å². The first-order valence-electron chi connectivity index (χ1n) is 13.6. The summed E-state index contributed by atoms with van der Waals surface area (Å²) in [6.45, 7) is 2.07. The average molecular weight is 538 g/mol. The summed E-state index contributed by atoms with van der Waals surface area (Å²) in [5.74, 6) is 0. The van der Waals surface area contributed by atoms with Crippen LogP contribution in [0.15, 0.2) is 126 Å². The Morgan fingerprint density at radius 3 is 1.52 bits per heavy atom. The average Bonchev–Trinajstić information content (AvgIpc) is 3.35. The monoisotopic (exact) mass is 537 g/mol. The standard InChI is InChI=1S/C34H35NO5/c1-5-13-27(14-6-1)22-36-26-32-34(38-24-29-17-9-3-10-18-29)33(37-23-28-15-7-2-8-16-28)31(40-32)21-35-39-25-30-19-11-4-12-20-30/h1-21,31-34H,22-26H2/b35-21+/t31-,32+,33-,34+/m0/s1. The molecule has 0 aliphatic carbocycles. The van der Waals surface area contributed by atoms with E-state index in [0.29, 0.717) is 33.0 Å². The molecule has 0 spiro atoms. The number of oxime groups is 1. The van der Waals surface area contributed by atoms with Crippen LogP contribution in [0.5, 0.6) is 0 Å². The van der Waals surface area contributed by atoms with Crippen LogP contribution in [0.1, 0.15) is 22.3 Å². The molecule has 0 aromatic heterocycles. The maximum absolute atomic E-state index is 6.48. The highest BCUT2D eigenvalue weighted by Gasteiger charge is 2.46. The summed E-state index contributed by atoms with van der Waals surface area (Å²) in [6, 6.07) is 40.2. The molecule has 0 saturated carbocycles. The molecule has 0 unspecified atom stereocenters. The second kappa shape index (κ2) is 15.1. The van der Waals surface area contributed by atoms with Crippen molar-refractivity contribution in [1.29, 1.82) is 0 Å². The number of ether oxygens (including phenoxy) is 4. The second-order valence-electron chi connectivity index (χ2n) is 9.68. The molecule has 1 heterocycles. The van der Waals surface area contributed by atoms with Crippen LogP contribution in [-0.4, -0.2) is 37.2 Å². The van der Waals surface area contributed by atoms with E-state index in [0.717, 1.165) is 22.3 Å². The zero-order valence-corrected chi connectivity index (χ0v) is 22.5. The summed E-state index contributed by atoms with van der Waals surface area (Å²) in [4.78, 5) is 5.59. The molecule has 1 aliphatic heterocycles. The van der Waals surface area contributed by atoms with Crippen LogP contribution < -0.4 is 0 Å². The fourth-order valence-corrected chi connectivity index (χ4v) is 4.59. The van der Waals surface area contributed by atoms with Gasteiger partial charge in [-0.15, -0.1) is 0 Å². The second-order valence-corrected chi connectivity index (χ2v) is 9.68. The Labute approximate surface area is 236 Å². The molecule has 1 aliphatic rings. The van der Waals surface area contributed by atoms with Gasteiger partial charge in [0, 0.05) is 0 Å². The van der Waals surface area contributed by atoms with Crippen molar-refractivity contribution in [1.82, 2.24) is 0 Å². The van der Waals surface area contributed by atoms with Crippen molar-refractivity contribution < 1.29 is 23.8 Å². The first kappa shape index (κ1) is 27.7. The van der Waals surface area contributed by atoms with Gasteiger partial charge in [-0.25, -0.2) is 0 Å². The lowest BCUT2D eigenvalue weighted by molar-refractivity contribution is -0.0896. The van der Waals surface area contributed by atoms with Gasteiger partial charge in [-0.1, -0.05) is 126 Å². The lowest BCUT2D eigenvalue weighted by atomic mass is 10.1. The van der Waals surface area contributed by atoms with Gasteiger partial charge in [0.05, 0.1) is 32.6 Å². The molecule has 0 N–H and O–H groups in total. The van der Waals surface area contributed by atoms with Gasteiger partial charge in [0.2, 0.25) is 0 Å². The van der Waals surface area contributed by atoms with E-state index in [2.05, 4.69) is 5.16 Å². The Morgan fingerprint density at radius 1 is 0.550 bits per heavy atom. The van der Waals surface area contributed by atoms with Crippen molar-refractivity contribution in [2.45, 2.75) is 50.8 Å². The summed E-state index contributed by atoms with van der Waals surface area (Å²) in [5, 5.41) is 4.24. The summed E-state index contributed by atoms with van der Waals surface area (Å²) in [7, 11) is 0. The summed E-state index contributed by atoms with van der Waals surface area (Å²) in [5.41, 5.74) is 4.30. The van der Waals surface area contributed by atoms with Crippen LogP contribution in [0.2, 0.25) is 0 Å². The van der Waals surface area contributed by atoms with E-state index in [9.17, 15) is 0 Å². The molecule has 5 rings (SSSR count). The van der Waals surface area contributed by atoms with Gasteiger partial charge >= 0.3 is 0 Å². The van der Waals surface area contributed by atoms with E-state index in [4.69, 9.17) is 23.8 Å². The Balaban J connectivity index is 1.30. The van der Waals surface area contributed by atoms with Crippen molar-refractivity contribution in [3.63, 3.8) is 0 Å². The van der Waals surface area contributed by atoms with E-state index in [-0.39, 0.29) is 12.2 Å². The summed E-state index contributed by atoms with van der Waals surface area (Å²) >= 11 is 0. The Morgan fingerprint density at radius 2 is 1.00 bits per heavy atom. The molecule has 40 heavy (non-hydrogen) atoms. The minimum absolute atomic E-state index is 0.348. The number of nitrogens with zero attached hydrogens (tertiary/aromatic N) is 1. The Kier molecular flexibility index (Phi) is 10.5. The molecule has 4 atom stereocenters. The van der Waals surface area contributed by atoms with Crippen LogP contribution >= 0.6 is 0 Å². The van der Waals surface area contributed by atoms with Crippen LogP contribution in [0.4, 0.5) is 0 Å². The quantitative estimate of drug-likeness (QED) is 0.139. The molecule has 6 heteroatoms. The van der Waals surface area contributed by atoms with Crippen LogP contribution in [0, 0.1) is 0 Å². The largest absolute Gasteiger partial charge is 0.391 e. The molecule has 206 valence electrons. The Bertz CT molecular complexity index is 1270. The fourth-order valence-electron chi connectivity index (χ4n) is 4.59. The van der Waals surface area contributed by atoms with Crippen molar-refractivity contribution in [3.8, 4) is 0 Å². The fraction of sp³-hybridized carbons (Fsp3) is 0.265. The lowest BCUT2D eigenvalue weighted by Gasteiger charge is -2.24. The third-order valence-corrected chi connectivity index (χ3v) is 6.67. The zero-order chi connectivity index (χ0) is 27.2. The number of benzene rings is 4. The van der Waals surface area contributed by atoms with E-state index in [1.807, 2.05) is 121 Å². The molecule has 0 bridgehead atoms. The highest BCUT2D eigenvalue weighted by atomic mass is 16.6. The van der Waals surface area contributed by atoms with E-state index >= 15 is 0 Å². The van der Waals surface area contributed by atoms with Crippen LogP contribution in [0.3, 0.4) is 0 Å². The molecule has 0 amide bonds. The molecular weight excluding hydrogens is 502 g/mol. The number of hydrogen-bond acceptors (Lipinski definition) is 6. The van der Waals surface area contributed by atoms with Crippen molar-refractivity contribution in [2.75, 3.05) is 6.61 Å². The third-order valence-electron chi connectivity index (χ3n) is 6.67. The van der Waals surface area contributed by atoms with Gasteiger partial charge in [0.25, 0.3) is 0 Å². The minimum Gasteiger partial charge on any atom is -0.391 e. The topological polar surface area (TPSA) is 58.5 Å². The van der Waals surface area contributed by atoms with E-state index in [1.54, 1.807) is 6.21 Å². The Hall–Kier alpha value is -3.81. The lowest BCUT2D eigenvalue weighted by Crippen LogP contribution is -2.39. The van der Waals surface area contributed by atoms with Gasteiger partial charge in [0.1, 0.15) is 31.0 Å². The van der Waals surface area contributed by atoms with Crippen molar-refractivity contribution >= 4 is 6.21 Å². The third kappa shape index (κ3) is 8.34. The van der Waals surface area contributed by atoms with Crippen LogP contribution in [0.25, 0.3) is 0 Å². The summed E-state index contributed by atoms with van der Waals surface area (Å²) < 4.78 is 25.5. The number of rotatable bonds is 14. The molecule has 0 radical (unpaired) electrons. The normalized spacial score (nSPS) is 20.6. The first-order chi connectivity index (χ1) is 19.8. The molecular formula is C34H35NO5. The zero-order valence-electron chi connectivity index (χ0n) is 22.5. The minimum atomic E-state index is -0.467. The predicted octanol–water partition coefficient (Wildman–Crippen LogP) is 6.34. The van der Waals surface area contributed by atoms with E-state index < -0.39 is 12.2 Å². The molecule has 6 nitrogen and oxygen atoms in total. The van der Waals surface area contributed by atoms with Gasteiger partial charge in [-0.05, 0) is 22.3 Å². The molecule has 4 aromatic rings. The smallest absolute Gasteiger partial charge is 0.142 e. The molecule has 4 aromatic carbocycles. The van der Waals surface area contributed by atoms with Gasteiger partial charge in [0.15, 0.2) is 0 Å². The van der Waals surface area contributed by atoms with Gasteiger partial charge in [-0.2, -0.15) is 0 Å². The van der Waals surface area contributed by atoms with Crippen LogP contribution in [-0.2, 0) is 50.2 Å². The maximum Gasteiger partial charge on any atom is 0.142 e. The molecule has 1 saturated heterocycles. The highest BCUT2D eigenvalue weighted by Crippen LogP contribution is 2.28. The van der Waals surface area contributed by atoms with E-state index in [1.165, 1.54) is 0 Å². The maximum atomic E-state index is 6.48. The number of hydrogen-bond donors (Lipinski definition) is 0. The van der Waals surface area contributed by atoms with Gasteiger partial charge in [-0.3, -0.25) is 0 Å². The SMILES string of the molecule is C(=N\OCc1ccccc1)/[C@@H]1O[C@H](COCc2ccccc2)[C@@H](OCc2ccccc2)[C@H]1OCc1ccccc1. The first-order valence-corrected chi connectivity index (χ1v) is 13.6. The summed E-state index contributed by atoms with van der Waals surface area (Å²) in [6.07, 6.45) is 0.0854. The predicted molar refractivity (Wildman–Crippen MR) is 155 cm³/mol. The molecule has 1 fully saturated rings. The highest BCUT2D eigenvalue weighted by molar-refractivity contribution is 5.64. The van der Waals surface area contributed by atoms with Gasteiger partial charge < -0.3 is 23.8 Å².